The van der Waals surface area contributed by atoms with Gasteiger partial charge in [-0.1, -0.05) is 19.3 Å². The molecule has 2 aromatic rings. The number of nitrogens with one attached hydrogen (secondary N) is 1. The Morgan fingerprint density at radius 1 is 1.04 bits per heavy atom. The van der Waals surface area contributed by atoms with E-state index in [1.807, 2.05) is 24.3 Å². The molecule has 1 aliphatic heterocycles. The van der Waals surface area contributed by atoms with Gasteiger partial charge in [0.1, 0.15) is 5.82 Å². The number of aryl methyl sites for hydroxylation is 1. The van der Waals surface area contributed by atoms with E-state index in [0.29, 0.717) is 0 Å². The molecule has 2 heterocycles. The van der Waals surface area contributed by atoms with E-state index in [1.54, 1.807) is 0 Å². The van der Waals surface area contributed by atoms with E-state index in [1.165, 1.54) is 19.3 Å². The van der Waals surface area contributed by atoms with Crippen LogP contribution in [-0.2, 0) is 17.8 Å². The maximum atomic E-state index is 12.5. The maximum Gasteiger partial charge on any atom is 0.244 e. The number of nitrogens with two attached hydrogens (primary N) is 1. The van der Waals surface area contributed by atoms with E-state index < -0.39 is 5.54 Å². The van der Waals surface area contributed by atoms with Gasteiger partial charge in [0, 0.05) is 24.2 Å². The Labute approximate surface area is 147 Å². The predicted molar refractivity (Wildman–Crippen MR) is 97.0 cm³/mol. The summed E-state index contributed by atoms with van der Waals surface area (Å²) in [6, 6.07) is 7.82. The van der Waals surface area contributed by atoms with Crippen LogP contribution in [0.25, 0.3) is 11.4 Å². The first-order valence-electron chi connectivity index (χ1n) is 9.29. The normalized spacial score (nSPS) is 19.2. The minimum absolute atomic E-state index is 0.0696. The number of hydrogen-bond donors (Lipinski definition) is 2. The highest BCUT2D eigenvalue weighted by Gasteiger charge is 2.35. The molecule has 1 aromatic carbocycles. The molecule has 1 aliphatic carbocycles. The van der Waals surface area contributed by atoms with Crippen molar-refractivity contribution in [3.63, 3.8) is 0 Å². The van der Waals surface area contributed by atoms with Gasteiger partial charge in [-0.15, -0.1) is 10.2 Å². The zero-order chi connectivity index (χ0) is 17.3. The number of carbonyl (C=O) groups is 1. The number of carbonyl (C=O) groups excluding carboxylic acids is 1. The molecule has 0 saturated heterocycles. The SMILES string of the molecule is NC1(C(=O)Nc2ccc(-c3nnc4n3CCCC4)cc2)CCCCC1. The van der Waals surface area contributed by atoms with Crippen molar-refractivity contribution in [2.75, 3.05) is 5.32 Å². The fraction of sp³-hybridized carbons (Fsp3) is 0.526. The highest BCUT2D eigenvalue weighted by atomic mass is 16.2. The van der Waals surface area contributed by atoms with Gasteiger partial charge in [0.15, 0.2) is 5.82 Å². The summed E-state index contributed by atoms with van der Waals surface area (Å²) in [6.45, 7) is 0.978. The van der Waals surface area contributed by atoms with Crippen molar-refractivity contribution in [2.45, 2.75) is 63.5 Å². The lowest BCUT2D eigenvalue weighted by Gasteiger charge is -2.31. The van der Waals surface area contributed by atoms with Crippen LogP contribution in [0.2, 0.25) is 0 Å². The molecule has 1 fully saturated rings. The van der Waals surface area contributed by atoms with Crippen LogP contribution in [0.15, 0.2) is 24.3 Å². The van der Waals surface area contributed by atoms with Crippen molar-refractivity contribution < 1.29 is 4.79 Å². The maximum absolute atomic E-state index is 12.5. The summed E-state index contributed by atoms with van der Waals surface area (Å²) in [5.41, 5.74) is 7.39. The Morgan fingerprint density at radius 2 is 1.80 bits per heavy atom. The van der Waals surface area contributed by atoms with Gasteiger partial charge in [-0.3, -0.25) is 4.79 Å². The molecule has 0 spiro atoms. The van der Waals surface area contributed by atoms with Crippen LogP contribution in [0.4, 0.5) is 5.69 Å². The molecule has 0 atom stereocenters. The van der Waals surface area contributed by atoms with Crippen molar-refractivity contribution in [3.05, 3.63) is 30.1 Å². The van der Waals surface area contributed by atoms with Crippen molar-refractivity contribution in [2.24, 2.45) is 5.73 Å². The second kappa shape index (κ2) is 6.59. The minimum atomic E-state index is -0.719. The molecule has 3 N–H and O–H groups in total. The Bertz CT molecular complexity index is 759. The minimum Gasteiger partial charge on any atom is -0.324 e. The molecule has 6 nitrogen and oxygen atoms in total. The molecule has 132 valence electrons. The number of anilines is 1. The number of aromatic nitrogens is 3. The van der Waals surface area contributed by atoms with Gasteiger partial charge in [0.05, 0.1) is 5.54 Å². The standard InChI is InChI=1S/C19H25N5O/c20-19(11-3-1-4-12-19)18(25)21-15-9-7-14(8-10-15)17-23-22-16-6-2-5-13-24(16)17/h7-10H,1-6,11-13,20H2,(H,21,25). The van der Waals surface area contributed by atoms with Gasteiger partial charge in [-0.2, -0.15) is 0 Å². The predicted octanol–water partition coefficient (Wildman–Crippen LogP) is 2.88. The van der Waals surface area contributed by atoms with Crippen LogP contribution in [0, 0.1) is 0 Å². The summed E-state index contributed by atoms with van der Waals surface area (Å²) < 4.78 is 2.20. The topological polar surface area (TPSA) is 85.8 Å². The van der Waals surface area contributed by atoms with E-state index >= 15 is 0 Å². The molecule has 1 aromatic heterocycles. The molecule has 6 heteroatoms. The monoisotopic (exact) mass is 339 g/mol. The summed E-state index contributed by atoms with van der Waals surface area (Å²) in [6.07, 6.45) is 8.12. The zero-order valence-corrected chi connectivity index (χ0v) is 14.5. The van der Waals surface area contributed by atoms with Crippen molar-refractivity contribution in [1.82, 2.24) is 14.8 Å². The first-order chi connectivity index (χ1) is 12.2. The Balaban J connectivity index is 1.49. The van der Waals surface area contributed by atoms with Gasteiger partial charge in [-0.25, -0.2) is 0 Å². The first kappa shape index (κ1) is 16.3. The van der Waals surface area contributed by atoms with Crippen LogP contribution in [0.5, 0.6) is 0 Å². The third-order valence-corrected chi connectivity index (χ3v) is 5.46. The molecule has 25 heavy (non-hydrogen) atoms. The van der Waals surface area contributed by atoms with Crippen molar-refractivity contribution in [1.29, 1.82) is 0 Å². The number of hydrogen-bond acceptors (Lipinski definition) is 4. The fourth-order valence-corrected chi connectivity index (χ4v) is 3.89. The highest BCUT2D eigenvalue weighted by molar-refractivity contribution is 5.98. The average Bonchev–Trinajstić information content (AvgIpc) is 3.07. The smallest absolute Gasteiger partial charge is 0.244 e. The van der Waals surface area contributed by atoms with Crippen molar-refractivity contribution in [3.8, 4) is 11.4 Å². The van der Waals surface area contributed by atoms with Gasteiger partial charge >= 0.3 is 0 Å². The van der Waals surface area contributed by atoms with E-state index in [4.69, 9.17) is 5.73 Å². The Kier molecular flexibility index (Phi) is 4.29. The molecule has 0 radical (unpaired) electrons. The summed E-state index contributed by atoms with van der Waals surface area (Å²) >= 11 is 0. The summed E-state index contributed by atoms with van der Waals surface area (Å²) in [5, 5.41) is 11.6. The largest absolute Gasteiger partial charge is 0.324 e. The first-order valence-corrected chi connectivity index (χ1v) is 9.29. The molecule has 1 amide bonds. The molecule has 4 rings (SSSR count). The number of fused-ring (bicyclic) bond motifs is 1. The third-order valence-electron chi connectivity index (χ3n) is 5.46. The second-order valence-corrected chi connectivity index (χ2v) is 7.30. The number of benzene rings is 1. The fourth-order valence-electron chi connectivity index (χ4n) is 3.89. The van der Waals surface area contributed by atoms with Crippen LogP contribution in [0.3, 0.4) is 0 Å². The van der Waals surface area contributed by atoms with E-state index in [0.717, 1.165) is 61.5 Å². The van der Waals surface area contributed by atoms with Gasteiger partial charge in [0.25, 0.3) is 0 Å². The second-order valence-electron chi connectivity index (χ2n) is 7.30. The number of amides is 1. The third kappa shape index (κ3) is 3.18. The summed E-state index contributed by atoms with van der Waals surface area (Å²) in [5.74, 6) is 1.91. The van der Waals surface area contributed by atoms with Crippen molar-refractivity contribution >= 4 is 11.6 Å². The lowest BCUT2D eigenvalue weighted by Crippen LogP contribution is -2.52. The van der Waals surface area contributed by atoms with Crippen LogP contribution in [0.1, 0.15) is 50.8 Å². The Morgan fingerprint density at radius 3 is 2.56 bits per heavy atom. The van der Waals surface area contributed by atoms with Crippen LogP contribution < -0.4 is 11.1 Å². The van der Waals surface area contributed by atoms with Crippen LogP contribution >= 0.6 is 0 Å². The molecule has 1 saturated carbocycles. The summed E-state index contributed by atoms with van der Waals surface area (Å²) in [4.78, 5) is 12.5. The summed E-state index contributed by atoms with van der Waals surface area (Å²) in [7, 11) is 0. The number of nitrogens with zero attached hydrogens (tertiary/aromatic N) is 3. The van der Waals surface area contributed by atoms with E-state index in [9.17, 15) is 4.79 Å². The van der Waals surface area contributed by atoms with Gasteiger partial charge in [-0.05, 0) is 49.9 Å². The van der Waals surface area contributed by atoms with E-state index in [-0.39, 0.29) is 5.91 Å². The molecular weight excluding hydrogens is 314 g/mol. The average molecular weight is 339 g/mol. The molecule has 0 unspecified atom stereocenters. The zero-order valence-electron chi connectivity index (χ0n) is 14.5. The van der Waals surface area contributed by atoms with Gasteiger partial charge in [0.2, 0.25) is 5.91 Å². The lowest BCUT2D eigenvalue weighted by molar-refractivity contribution is -0.122. The van der Waals surface area contributed by atoms with E-state index in [2.05, 4.69) is 20.1 Å². The lowest BCUT2D eigenvalue weighted by atomic mass is 9.82. The van der Waals surface area contributed by atoms with Crippen LogP contribution in [-0.4, -0.2) is 26.2 Å². The quantitative estimate of drug-likeness (QED) is 0.900. The molecule has 0 bridgehead atoms. The molecule has 2 aliphatic rings. The highest BCUT2D eigenvalue weighted by Crippen LogP contribution is 2.28. The van der Waals surface area contributed by atoms with Gasteiger partial charge < -0.3 is 15.6 Å². The molecular formula is C19H25N5O. The number of rotatable bonds is 3. The Hall–Kier alpha value is -2.21.